The van der Waals surface area contributed by atoms with Gasteiger partial charge in [-0.1, -0.05) is 71.3 Å². The predicted octanol–water partition coefficient (Wildman–Crippen LogP) is 4.78. The van der Waals surface area contributed by atoms with Gasteiger partial charge < -0.3 is 24.4 Å². The number of aliphatic hydroxyl groups is 1. The Morgan fingerprint density at radius 1 is 1.12 bits per heavy atom. The molecule has 2 aromatic carbocycles. The Morgan fingerprint density at radius 3 is 2.62 bits per heavy atom. The van der Waals surface area contributed by atoms with E-state index in [1.165, 1.54) is 0 Å². The van der Waals surface area contributed by atoms with Gasteiger partial charge in [-0.2, -0.15) is 0 Å². The number of nitrogens with zero attached hydrogens (tertiary/aromatic N) is 2. The predicted molar refractivity (Wildman–Crippen MR) is 165 cm³/mol. The minimum atomic E-state index is -1.16. The number of likely N-dealkylation sites (tertiary alicyclic amines) is 1. The van der Waals surface area contributed by atoms with Crippen LogP contribution in [0.3, 0.4) is 0 Å². The van der Waals surface area contributed by atoms with E-state index in [0.29, 0.717) is 37.9 Å². The van der Waals surface area contributed by atoms with Crippen LogP contribution in [0.15, 0.2) is 67.8 Å². The monoisotopic (exact) mass is 638 g/mol. The molecule has 6 atom stereocenters. The number of anilines is 1. The maximum Gasteiger partial charge on any atom is 0.312 e. The lowest BCUT2D eigenvalue weighted by molar-refractivity contribution is -0.154. The molecule has 0 radical (unpaired) electrons. The third-order valence-corrected chi connectivity index (χ3v) is 9.64. The highest BCUT2D eigenvalue weighted by molar-refractivity contribution is 9.09. The Morgan fingerprint density at radius 2 is 1.88 bits per heavy atom. The molecule has 2 amide bonds. The maximum absolute atomic E-state index is 14.7. The summed E-state index contributed by atoms with van der Waals surface area (Å²) in [7, 11) is 0. The fourth-order valence-electron chi connectivity index (χ4n) is 6.95. The van der Waals surface area contributed by atoms with Crippen molar-refractivity contribution in [3.8, 4) is 0 Å². The highest BCUT2D eigenvalue weighted by Gasteiger charge is 2.77. The number of carbonyl (C=O) groups excluding carboxylic acids is 3. The Balaban J connectivity index is 1.52. The molecule has 8 nitrogen and oxygen atoms in total. The van der Waals surface area contributed by atoms with Crippen LogP contribution in [-0.4, -0.2) is 76.7 Å². The zero-order valence-electron chi connectivity index (χ0n) is 23.8. The fraction of sp³-hybridized carbons (Fsp3) is 0.485. The molecule has 9 heteroatoms. The molecule has 3 heterocycles. The van der Waals surface area contributed by atoms with Gasteiger partial charge in [0.05, 0.1) is 24.5 Å². The van der Waals surface area contributed by atoms with Gasteiger partial charge in [0.2, 0.25) is 5.91 Å². The molecule has 42 heavy (non-hydrogen) atoms. The molecule has 0 saturated carbocycles. The number of amides is 2. The Bertz CT molecular complexity index is 1350. The first-order chi connectivity index (χ1) is 20.4. The van der Waals surface area contributed by atoms with Crippen molar-refractivity contribution in [1.29, 1.82) is 0 Å². The number of halogens is 1. The van der Waals surface area contributed by atoms with Crippen molar-refractivity contribution in [2.75, 3.05) is 31.2 Å². The summed E-state index contributed by atoms with van der Waals surface area (Å²) >= 11 is 3.71. The summed E-state index contributed by atoms with van der Waals surface area (Å²) in [6, 6.07) is 12.9. The summed E-state index contributed by atoms with van der Waals surface area (Å²) in [6.07, 6.45) is 6.72. The van der Waals surface area contributed by atoms with E-state index < -0.39 is 35.6 Å². The molecule has 2 bridgehead atoms. The summed E-state index contributed by atoms with van der Waals surface area (Å²) in [5.41, 5.74) is -0.451. The van der Waals surface area contributed by atoms with Crippen LogP contribution in [0, 0.1) is 11.8 Å². The second-order valence-corrected chi connectivity index (χ2v) is 12.5. The molecule has 2 aromatic rings. The smallest absolute Gasteiger partial charge is 0.312 e. The van der Waals surface area contributed by atoms with Gasteiger partial charge in [-0.15, -0.1) is 13.2 Å². The van der Waals surface area contributed by atoms with E-state index in [1.54, 1.807) is 22.0 Å². The SMILES string of the molecule is C=CCCOC(=O)[C@H]1[C@H]2C(=O)N(CCCCCCO)C(C(=O)N(CC=C)c3ccc4ccccc4c3)C23CC(Br)[C@@H]1O3. The largest absolute Gasteiger partial charge is 0.465 e. The average molecular weight is 640 g/mol. The van der Waals surface area contributed by atoms with Gasteiger partial charge >= 0.3 is 5.97 Å². The molecule has 0 aliphatic carbocycles. The second-order valence-electron chi connectivity index (χ2n) is 11.3. The number of unbranched alkanes of at least 4 members (excludes halogenated alkanes) is 3. The Hall–Kier alpha value is -3.01. The first-order valence-corrected chi connectivity index (χ1v) is 15.7. The topological polar surface area (TPSA) is 96.4 Å². The van der Waals surface area contributed by atoms with E-state index in [9.17, 15) is 19.5 Å². The lowest BCUT2D eigenvalue weighted by Crippen LogP contribution is -2.57. The van der Waals surface area contributed by atoms with Crippen molar-refractivity contribution < 1.29 is 29.0 Å². The molecule has 1 N–H and O–H groups in total. The van der Waals surface area contributed by atoms with E-state index in [2.05, 4.69) is 29.1 Å². The van der Waals surface area contributed by atoms with Gasteiger partial charge in [0, 0.05) is 30.2 Å². The molecule has 3 aliphatic rings. The van der Waals surface area contributed by atoms with Crippen molar-refractivity contribution in [1.82, 2.24) is 4.90 Å². The van der Waals surface area contributed by atoms with Gasteiger partial charge in [0.15, 0.2) is 0 Å². The summed E-state index contributed by atoms with van der Waals surface area (Å²) in [4.78, 5) is 45.4. The van der Waals surface area contributed by atoms with Crippen LogP contribution in [0.4, 0.5) is 5.69 Å². The minimum Gasteiger partial charge on any atom is -0.465 e. The van der Waals surface area contributed by atoms with Crippen molar-refractivity contribution >= 4 is 50.2 Å². The number of ether oxygens (including phenoxy) is 2. The number of hydrogen-bond donors (Lipinski definition) is 1. The highest BCUT2D eigenvalue weighted by atomic mass is 79.9. The Labute approximate surface area is 255 Å². The summed E-state index contributed by atoms with van der Waals surface area (Å²) < 4.78 is 12.2. The zero-order chi connectivity index (χ0) is 29.9. The first-order valence-electron chi connectivity index (χ1n) is 14.8. The van der Waals surface area contributed by atoms with Crippen LogP contribution < -0.4 is 4.90 Å². The average Bonchev–Trinajstić information content (AvgIpc) is 3.58. The summed E-state index contributed by atoms with van der Waals surface area (Å²) in [5.74, 6) is -2.57. The number of alkyl halides is 1. The van der Waals surface area contributed by atoms with Gasteiger partial charge in [0.25, 0.3) is 5.91 Å². The molecular weight excluding hydrogens is 600 g/mol. The first kappa shape index (κ1) is 30.4. The normalized spacial score (nSPS) is 27.7. The van der Waals surface area contributed by atoms with Crippen LogP contribution in [0.25, 0.3) is 10.8 Å². The molecule has 224 valence electrons. The van der Waals surface area contributed by atoms with Gasteiger partial charge in [-0.25, -0.2) is 0 Å². The quantitative estimate of drug-likeness (QED) is 0.138. The molecular formula is C33H39BrN2O6. The van der Waals surface area contributed by atoms with Crippen LogP contribution in [0.5, 0.6) is 0 Å². The number of benzene rings is 2. The third-order valence-electron chi connectivity index (χ3n) is 8.79. The van der Waals surface area contributed by atoms with E-state index in [1.807, 2.05) is 42.5 Å². The van der Waals surface area contributed by atoms with E-state index in [4.69, 9.17) is 9.47 Å². The number of rotatable bonds is 14. The minimum absolute atomic E-state index is 0.120. The number of fused-ring (bicyclic) bond motifs is 2. The Kier molecular flexibility index (Phi) is 9.50. The number of aliphatic hydroxyl groups excluding tert-OH is 1. The van der Waals surface area contributed by atoms with Crippen molar-refractivity contribution in [2.24, 2.45) is 11.8 Å². The lowest BCUT2D eigenvalue weighted by Gasteiger charge is -2.37. The molecule has 3 saturated heterocycles. The third kappa shape index (κ3) is 5.42. The van der Waals surface area contributed by atoms with Gasteiger partial charge in [0.1, 0.15) is 11.6 Å². The lowest BCUT2D eigenvalue weighted by atomic mass is 9.70. The number of carbonyl (C=O) groups is 3. The van der Waals surface area contributed by atoms with E-state index in [0.717, 1.165) is 23.6 Å². The molecule has 5 rings (SSSR count). The fourth-order valence-corrected chi connectivity index (χ4v) is 7.89. The van der Waals surface area contributed by atoms with E-state index in [-0.39, 0.29) is 36.4 Å². The van der Waals surface area contributed by atoms with Gasteiger partial charge in [-0.3, -0.25) is 14.4 Å². The van der Waals surface area contributed by atoms with E-state index >= 15 is 0 Å². The molecule has 3 unspecified atom stereocenters. The van der Waals surface area contributed by atoms with Crippen LogP contribution in [-0.2, 0) is 23.9 Å². The number of esters is 1. The summed E-state index contributed by atoms with van der Waals surface area (Å²) in [6.45, 7) is 8.49. The van der Waals surface area contributed by atoms with Crippen LogP contribution >= 0.6 is 15.9 Å². The highest BCUT2D eigenvalue weighted by Crippen LogP contribution is 2.60. The van der Waals surface area contributed by atoms with Crippen LogP contribution in [0.2, 0.25) is 0 Å². The molecule has 3 fully saturated rings. The van der Waals surface area contributed by atoms with Crippen molar-refractivity contribution in [3.63, 3.8) is 0 Å². The standard InChI is InChI=1S/C33H39BrN2O6/c1-3-5-19-41-32(40)26-27-30(38)36(17-10-6-7-11-18-37)29(33(27)21-25(34)28(26)42-33)31(39)35(16-4-2)24-15-14-22-12-8-9-13-23(22)20-24/h3-4,8-9,12-15,20,25-29,37H,1-2,5-7,10-11,16-19,21H2/t25?,26-,27-,28-,29?,33?/m0/s1. The molecule has 3 aliphatic heterocycles. The van der Waals surface area contributed by atoms with Crippen molar-refractivity contribution in [3.05, 3.63) is 67.8 Å². The van der Waals surface area contributed by atoms with Gasteiger partial charge in [-0.05, 0) is 48.6 Å². The maximum atomic E-state index is 14.7. The second kappa shape index (κ2) is 13.1. The molecule has 0 aromatic heterocycles. The van der Waals surface area contributed by atoms with Crippen molar-refractivity contribution in [2.45, 2.75) is 61.1 Å². The molecule has 1 spiro atoms. The zero-order valence-corrected chi connectivity index (χ0v) is 25.4. The van der Waals surface area contributed by atoms with Crippen LogP contribution in [0.1, 0.15) is 38.5 Å². The summed E-state index contributed by atoms with van der Waals surface area (Å²) in [5, 5.41) is 11.2. The number of hydrogen-bond acceptors (Lipinski definition) is 6.